The van der Waals surface area contributed by atoms with Crippen LogP contribution < -0.4 is 0 Å². The van der Waals surface area contributed by atoms with E-state index < -0.39 is 41.6 Å². The SMILES string of the molecule is C=CCN(Cc1ccccc1)C(=O)[C@H]1N([C@@H](CO)C(C)C)C(=O)[C@@H]2[C@@H](C(=O)OCC)[C@H]3CC[C@]21O3. The van der Waals surface area contributed by atoms with Crippen LogP contribution >= 0.6 is 0 Å². The lowest BCUT2D eigenvalue weighted by atomic mass is 9.70. The van der Waals surface area contributed by atoms with Crippen LogP contribution in [0.15, 0.2) is 43.0 Å². The quantitative estimate of drug-likeness (QED) is 0.404. The summed E-state index contributed by atoms with van der Waals surface area (Å²) in [6, 6.07) is 8.12. The van der Waals surface area contributed by atoms with Crippen molar-refractivity contribution in [2.24, 2.45) is 17.8 Å². The van der Waals surface area contributed by atoms with Crippen molar-refractivity contribution < 1.29 is 29.0 Å². The van der Waals surface area contributed by atoms with Gasteiger partial charge in [-0.05, 0) is 31.2 Å². The third-order valence-electron chi connectivity index (χ3n) is 7.72. The molecule has 1 N–H and O–H groups in total. The summed E-state index contributed by atoms with van der Waals surface area (Å²) < 4.78 is 11.7. The molecule has 0 radical (unpaired) electrons. The fourth-order valence-corrected chi connectivity index (χ4v) is 6.22. The van der Waals surface area contributed by atoms with Gasteiger partial charge in [0.05, 0.1) is 37.2 Å². The van der Waals surface area contributed by atoms with E-state index in [1.807, 2.05) is 44.2 Å². The van der Waals surface area contributed by atoms with Gasteiger partial charge in [0.25, 0.3) is 0 Å². The van der Waals surface area contributed by atoms with Gasteiger partial charge >= 0.3 is 5.97 Å². The molecule has 3 heterocycles. The lowest BCUT2D eigenvalue weighted by Gasteiger charge is -2.40. The molecule has 0 saturated carbocycles. The summed E-state index contributed by atoms with van der Waals surface area (Å²) in [5.41, 5.74) is -0.162. The van der Waals surface area contributed by atoms with Crippen molar-refractivity contribution >= 4 is 17.8 Å². The average Bonchev–Trinajstić information content (AvgIpc) is 3.47. The van der Waals surface area contributed by atoms with Crippen molar-refractivity contribution in [3.05, 3.63) is 48.6 Å². The van der Waals surface area contributed by atoms with Gasteiger partial charge in [0.2, 0.25) is 11.8 Å². The maximum Gasteiger partial charge on any atom is 0.312 e. The van der Waals surface area contributed by atoms with E-state index in [9.17, 15) is 19.5 Å². The Kier molecular flexibility index (Phi) is 7.33. The Labute approximate surface area is 206 Å². The molecule has 1 aromatic rings. The number of hydrogen-bond donors (Lipinski definition) is 1. The van der Waals surface area contributed by atoms with Crippen LogP contribution in [0.4, 0.5) is 0 Å². The molecule has 0 aromatic heterocycles. The summed E-state index contributed by atoms with van der Waals surface area (Å²) in [4.78, 5) is 44.4. The monoisotopic (exact) mass is 484 g/mol. The molecule has 3 aliphatic heterocycles. The molecule has 35 heavy (non-hydrogen) atoms. The fourth-order valence-electron chi connectivity index (χ4n) is 6.22. The number of hydrogen-bond acceptors (Lipinski definition) is 6. The zero-order valence-electron chi connectivity index (χ0n) is 20.8. The second-order valence-corrected chi connectivity index (χ2v) is 10.0. The number of carbonyl (C=O) groups is 3. The molecule has 3 aliphatic rings. The maximum absolute atomic E-state index is 14.3. The molecule has 190 valence electrons. The van der Waals surface area contributed by atoms with Crippen molar-refractivity contribution in [1.29, 1.82) is 0 Å². The molecule has 8 heteroatoms. The van der Waals surface area contributed by atoms with Gasteiger partial charge < -0.3 is 24.4 Å². The summed E-state index contributed by atoms with van der Waals surface area (Å²) in [6.45, 7) is 9.94. The minimum atomic E-state index is -1.12. The molecule has 3 saturated heterocycles. The van der Waals surface area contributed by atoms with Crippen LogP contribution in [0.5, 0.6) is 0 Å². The van der Waals surface area contributed by atoms with Crippen LogP contribution in [-0.4, -0.2) is 76.2 Å². The molecule has 0 unspecified atom stereocenters. The first-order chi connectivity index (χ1) is 16.8. The van der Waals surface area contributed by atoms with Gasteiger partial charge in [0.1, 0.15) is 11.6 Å². The zero-order valence-corrected chi connectivity index (χ0v) is 20.8. The normalized spacial score (nSPS) is 29.9. The molecular formula is C27H36N2O6. The number of rotatable bonds is 10. The van der Waals surface area contributed by atoms with Crippen LogP contribution in [0, 0.1) is 17.8 Å². The number of fused-ring (bicyclic) bond motifs is 1. The van der Waals surface area contributed by atoms with Crippen LogP contribution in [0.25, 0.3) is 0 Å². The molecular weight excluding hydrogens is 448 g/mol. The van der Waals surface area contributed by atoms with Crippen molar-refractivity contribution in [3.63, 3.8) is 0 Å². The number of amides is 2. The summed E-state index contributed by atoms with van der Waals surface area (Å²) in [5, 5.41) is 10.3. The van der Waals surface area contributed by atoms with E-state index in [0.717, 1.165) is 5.56 Å². The Bertz CT molecular complexity index is 966. The summed E-state index contributed by atoms with van der Waals surface area (Å²) >= 11 is 0. The van der Waals surface area contributed by atoms with Gasteiger partial charge in [-0.25, -0.2) is 0 Å². The molecule has 3 fully saturated rings. The maximum atomic E-state index is 14.3. The number of ether oxygens (including phenoxy) is 2. The Morgan fingerprint density at radius 3 is 2.66 bits per heavy atom. The summed E-state index contributed by atoms with van der Waals surface area (Å²) in [5.74, 6) is -2.67. The van der Waals surface area contributed by atoms with Gasteiger partial charge in [-0.2, -0.15) is 0 Å². The summed E-state index contributed by atoms with van der Waals surface area (Å²) in [6.07, 6.45) is 2.29. The van der Waals surface area contributed by atoms with E-state index in [2.05, 4.69) is 6.58 Å². The van der Waals surface area contributed by atoms with Crippen molar-refractivity contribution in [2.45, 2.75) is 63.9 Å². The number of likely N-dealkylation sites (tertiary alicyclic amines) is 1. The van der Waals surface area contributed by atoms with Gasteiger partial charge in [-0.3, -0.25) is 14.4 Å². The van der Waals surface area contributed by atoms with Crippen LogP contribution in [0.3, 0.4) is 0 Å². The van der Waals surface area contributed by atoms with Crippen molar-refractivity contribution in [2.75, 3.05) is 19.8 Å². The number of benzene rings is 1. The number of esters is 1. The average molecular weight is 485 g/mol. The fraction of sp³-hybridized carbons (Fsp3) is 0.593. The molecule has 4 rings (SSSR count). The van der Waals surface area contributed by atoms with Crippen LogP contribution in [0.2, 0.25) is 0 Å². The number of aliphatic hydroxyl groups is 1. The molecule has 1 aromatic carbocycles. The second kappa shape index (κ2) is 10.1. The van der Waals surface area contributed by atoms with Gasteiger partial charge in [0, 0.05) is 13.1 Å². The Hall–Kier alpha value is -2.71. The van der Waals surface area contributed by atoms with E-state index in [1.165, 1.54) is 4.90 Å². The largest absolute Gasteiger partial charge is 0.466 e. The topological polar surface area (TPSA) is 96.4 Å². The highest BCUT2D eigenvalue weighted by molar-refractivity contribution is 5.98. The highest BCUT2D eigenvalue weighted by atomic mass is 16.6. The lowest BCUT2D eigenvalue weighted by Crippen LogP contribution is -2.59. The lowest BCUT2D eigenvalue weighted by molar-refractivity contribution is -0.157. The number of aliphatic hydroxyl groups excluding tert-OH is 1. The number of carbonyl (C=O) groups excluding carboxylic acids is 3. The molecule has 6 atom stereocenters. The third-order valence-corrected chi connectivity index (χ3v) is 7.72. The van der Waals surface area contributed by atoms with E-state index in [-0.39, 0.29) is 30.9 Å². The Morgan fingerprint density at radius 1 is 1.34 bits per heavy atom. The van der Waals surface area contributed by atoms with Crippen LogP contribution in [-0.2, 0) is 30.4 Å². The highest BCUT2D eigenvalue weighted by Crippen LogP contribution is 2.59. The van der Waals surface area contributed by atoms with Crippen molar-refractivity contribution in [1.82, 2.24) is 9.80 Å². The molecule has 2 bridgehead atoms. The molecule has 1 spiro atoms. The van der Waals surface area contributed by atoms with Crippen LogP contribution in [0.1, 0.15) is 39.2 Å². The first kappa shape index (κ1) is 25.4. The Morgan fingerprint density at radius 2 is 2.06 bits per heavy atom. The minimum Gasteiger partial charge on any atom is -0.466 e. The smallest absolute Gasteiger partial charge is 0.312 e. The standard InChI is InChI=1S/C27H36N2O6/c1-5-14-28(15-18-10-8-7-9-11-18)25(32)23-27-13-12-20(35-27)21(26(33)34-6-2)22(27)24(31)29(23)19(16-30)17(3)4/h5,7-11,17,19-23,30H,1,6,12-16H2,2-4H3/t19-,20+,21-,22-,23+,27-/m0/s1. The van der Waals surface area contributed by atoms with Gasteiger partial charge in [-0.15, -0.1) is 6.58 Å². The second-order valence-electron chi connectivity index (χ2n) is 10.0. The first-order valence-corrected chi connectivity index (χ1v) is 12.5. The molecule has 0 aliphatic carbocycles. The number of nitrogens with zero attached hydrogens (tertiary/aromatic N) is 2. The van der Waals surface area contributed by atoms with Gasteiger partial charge in [-0.1, -0.05) is 50.3 Å². The minimum absolute atomic E-state index is 0.102. The van der Waals surface area contributed by atoms with E-state index in [1.54, 1.807) is 17.9 Å². The van der Waals surface area contributed by atoms with E-state index in [0.29, 0.717) is 25.9 Å². The first-order valence-electron chi connectivity index (χ1n) is 12.5. The summed E-state index contributed by atoms with van der Waals surface area (Å²) in [7, 11) is 0. The molecule has 8 nitrogen and oxygen atoms in total. The highest BCUT2D eigenvalue weighted by Gasteiger charge is 2.75. The van der Waals surface area contributed by atoms with E-state index >= 15 is 0 Å². The van der Waals surface area contributed by atoms with E-state index in [4.69, 9.17) is 9.47 Å². The molecule has 2 amide bonds. The zero-order chi connectivity index (χ0) is 25.3. The van der Waals surface area contributed by atoms with Gasteiger partial charge in [0.15, 0.2) is 0 Å². The Balaban J connectivity index is 1.77. The van der Waals surface area contributed by atoms with Crippen molar-refractivity contribution in [3.8, 4) is 0 Å². The predicted molar refractivity (Wildman–Crippen MR) is 129 cm³/mol. The predicted octanol–water partition coefficient (Wildman–Crippen LogP) is 2.16. The third kappa shape index (κ3) is 4.16.